The fourth-order valence-corrected chi connectivity index (χ4v) is 3.47. The standard InChI is InChI=1S/C19H19N3OS/c1-14(18-4-2-3-11-21-18)22(16-7-8-16)19(23)13-24-17-9-5-15(12-20)6-10-17/h2-6,9-11,14,16H,7-8,13H2,1H3/t14-/m0/s1. The van der Waals surface area contributed by atoms with Crippen LogP contribution < -0.4 is 0 Å². The van der Waals surface area contributed by atoms with E-state index in [2.05, 4.69) is 11.1 Å². The van der Waals surface area contributed by atoms with Gasteiger partial charge < -0.3 is 4.90 Å². The third kappa shape index (κ3) is 3.95. The molecule has 1 aliphatic carbocycles. The Morgan fingerprint density at radius 1 is 1.33 bits per heavy atom. The second kappa shape index (κ2) is 7.50. The van der Waals surface area contributed by atoms with Gasteiger partial charge in [-0.15, -0.1) is 11.8 Å². The molecule has 1 fully saturated rings. The molecule has 1 aromatic carbocycles. The number of hydrogen-bond donors (Lipinski definition) is 0. The highest BCUT2D eigenvalue weighted by molar-refractivity contribution is 8.00. The van der Waals surface area contributed by atoms with Gasteiger partial charge in [0.2, 0.25) is 5.91 Å². The van der Waals surface area contributed by atoms with E-state index in [1.807, 2.05) is 42.2 Å². The minimum atomic E-state index is -0.00670. The zero-order valence-corrected chi connectivity index (χ0v) is 14.4. The van der Waals surface area contributed by atoms with Crippen LogP contribution in [0.15, 0.2) is 53.6 Å². The van der Waals surface area contributed by atoms with Gasteiger partial charge in [-0.25, -0.2) is 0 Å². The lowest BCUT2D eigenvalue weighted by Gasteiger charge is -2.29. The van der Waals surface area contributed by atoms with Crippen LogP contribution in [0.25, 0.3) is 0 Å². The van der Waals surface area contributed by atoms with Crippen molar-refractivity contribution >= 4 is 17.7 Å². The summed E-state index contributed by atoms with van der Waals surface area (Å²) < 4.78 is 0. The van der Waals surface area contributed by atoms with Crippen LogP contribution in [-0.4, -0.2) is 27.6 Å². The summed E-state index contributed by atoms with van der Waals surface area (Å²) in [7, 11) is 0. The first-order valence-corrected chi connectivity index (χ1v) is 9.02. The molecular weight excluding hydrogens is 318 g/mol. The molecule has 1 aromatic heterocycles. The van der Waals surface area contributed by atoms with Gasteiger partial charge in [-0.3, -0.25) is 9.78 Å². The molecule has 0 radical (unpaired) electrons. The molecule has 1 aliphatic rings. The van der Waals surface area contributed by atoms with Gasteiger partial charge in [0.15, 0.2) is 0 Å². The number of nitrogens with zero attached hydrogens (tertiary/aromatic N) is 3. The minimum Gasteiger partial charge on any atom is -0.331 e. The first-order chi connectivity index (χ1) is 11.7. The highest BCUT2D eigenvalue weighted by Gasteiger charge is 2.36. The molecule has 1 saturated carbocycles. The van der Waals surface area contributed by atoms with Crippen molar-refractivity contribution in [2.24, 2.45) is 0 Å². The van der Waals surface area contributed by atoms with Gasteiger partial charge in [-0.2, -0.15) is 5.26 Å². The molecule has 0 aliphatic heterocycles. The van der Waals surface area contributed by atoms with Crippen molar-refractivity contribution in [3.05, 3.63) is 59.9 Å². The van der Waals surface area contributed by atoms with Crippen LogP contribution in [0.4, 0.5) is 0 Å². The van der Waals surface area contributed by atoms with Crippen LogP contribution in [0.3, 0.4) is 0 Å². The zero-order chi connectivity index (χ0) is 16.9. The Morgan fingerprint density at radius 3 is 2.67 bits per heavy atom. The summed E-state index contributed by atoms with van der Waals surface area (Å²) in [5.74, 6) is 0.546. The van der Waals surface area contributed by atoms with Gasteiger partial charge in [0, 0.05) is 17.1 Å². The molecule has 4 nitrogen and oxygen atoms in total. The summed E-state index contributed by atoms with van der Waals surface area (Å²) in [6, 6.07) is 15.6. The maximum Gasteiger partial charge on any atom is 0.233 e. The Hall–Kier alpha value is -2.32. The molecule has 1 atom stereocenters. The zero-order valence-electron chi connectivity index (χ0n) is 13.6. The maximum atomic E-state index is 12.8. The maximum absolute atomic E-state index is 12.8. The Morgan fingerprint density at radius 2 is 2.08 bits per heavy atom. The highest BCUT2D eigenvalue weighted by Crippen LogP contribution is 2.34. The van der Waals surface area contributed by atoms with E-state index < -0.39 is 0 Å². The van der Waals surface area contributed by atoms with Crippen molar-refractivity contribution in [3.63, 3.8) is 0 Å². The van der Waals surface area contributed by atoms with Crippen LogP contribution in [0.5, 0.6) is 0 Å². The van der Waals surface area contributed by atoms with E-state index in [9.17, 15) is 4.79 Å². The lowest BCUT2D eigenvalue weighted by molar-refractivity contribution is -0.131. The first kappa shape index (κ1) is 16.5. The van der Waals surface area contributed by atoms with Crippen molar-refractivity contribution in [2.45, 2.75) is 36.7 Å². The second-order valence-corrected chi connectivity index (χ2v) is 6.94. The highest BCUT2D eigenvalue weighted by atomic mass is 32.2. The van der Waals surface area contributed by atoms with E-state index in [1.165, 1.54) is 11.8 Å². The van der Waals surface area contributed by atoms with Gasteiger partial charge in [0.05, 0.1) is 29.1 Å². The summed E-state index contributed by atoms with van der Waals surface area (Å²) in [5, 5.41) is 8.83. The summed E-state index contributed by atoms with van der Waals surface area (Å²) in [5.41, 5.74) is 1.56. The lowest BCUT2D eigenvalue weighted by Crippen LogP contribution is -2.37. The number of hydrogen-bond acceptors (Lipinski definition) is 4. The van der Waals surface area contributed by atoms with Crippen molar-refractivity contribution in [3.8, 4) is 6.07 Å². The number of amides is 1. The smallest absolute Gasteiger partial charge is 0.233 e. The lowest BCUT2D eigenvalue weighted by atomic mass is 10.1. The van der Waals surface area contributed by atoms with Gasteiger partial charge in [0.25, 0.3) is 0 Å². The van der Waals surface area contributed by atoms with Crippen LogP contribution in [-0.2, 0) is 4.79 Å². The Labute approximate surface area is 146 Å². The van der Waals surface area contributed by atoms with Crippen molar-refractivity contribution in [1.29, 1.82) is 5.26 Å². The molecule has 0 bridgehead atoms. The summed E-state index contributed by atoms with van der Waals surface area (Å²) in [4.78, 5) is 20.1. The molecule has 0 saturated heterocycles. The fourth-order valence-electron chi connectivity index (χ4n) is 2.70. The molecule has 5 heteroatoms. The number of rotatable bonds is 6. The van der Waals surface area contributed by atoms with Gasteiger partial charge >= 0.3 is 0 Å². The number of nitriles is 1. The van der Waals surface area contributed by atoms with E-state index in [-0.39, 0.29) is 11.9 Å². The molecule has 0 unspecified atom stereocenters. The number of thioether (sulfide) groups is 1. The molecule has 1 amide bonds. The van der Waals surface area contributed by atoms with Crippen molar-refractivity contribution < 1.29 is 4.79 Å². The van der Waals surface area contributed by atoms with Crippen molar-refractivity contribution in [2.75, 3.05) is 5.75 Å². The van der Waals surface area contributed by atoms with Gasteiger partial charge in [-0.1, -0.05) is 6.07 Å². The van der Waals surface area contributed by atoms with E-state index in [1.54, 1.807) is 18.3 Å². The van der Waals surface area contributed by atoms with Gasteiger partial charge in [-0.05, 0) is 56.2 Å². The average molecular weight is 337 g/mol. The third-order valence-corrected chi connectivity index (χ3v) is 5.10. The number of benzene rings is 1. The second-order valence-electron chi connectivity index (χ2n) is 5.89. The Balaban J connectivity index is 1.65. The molecule has 0 N–H and O–H groups in total. The number of carbonyl (C=O) groups excluding carboxylic acids is 1. The van der Waals surface area contributed by atoms with Gasteiger partial charge in [0.1, 0.15) is 0 Å². The van der Waals surface area contributed by atoms with Crippen LogP contribution >= 0.6 is 11.8 Å². The topological polar surface area (TPSA) is 57.0 Å². The number of pyridine rings is 1. The summed E-state index contributed by atoms with van der Waals surface area (Å²) in [6.45, 7) is 2.05. The molecule has 122 valence electrons. The van der Waals surface area contributed by atoms with E-state index in [0.29, 0.717) is 17.4 Å². The molecule has 1 heterocycles. The van der Waals surface area contributed by atoms with Crippen LogP contribution in [0.2, 0.25) is 0 Å². The SMILES string of the molecule is C[C@@H](c1ccccn1)N(C(=O)CSc1ccc(C#N)cc1)C1CC1. The number of carbonyl (C=O) groups is 1. The van der Waals surface area contributed by atoms with Crippen LogP contribution in [0, 0.1) is 11.3 Å². The molecule has 0 spiro atoms. The summed E-state index contributed by atoms with van der Waals surface area (Å²) >= 11 is 1.51. The van der Waals surface area contributed by atoms with E-state index >= 15 is 0 Å². The predicted molar refractivity (Wildman–Crippen MR) is 94.4 cm³/mol. The fraction of sp³-hybridized carbons (Fsp3) is 0.316. The number of aromatic nitrogens is 1. The molecule has 24 heavy (non-hydrogen) atoms. The largest absolute Gasteiger partial charge is 0.331 e. The molecule has 3 rings (SSSR count). The molecule has 2 aromatic rings. The summed E-state index contributed by atoms with van der Waals surface area (Å²) in [6.07, 6.45) is 3.92. The minimum absolute atomic E-state index is 0.00670. The quantitative estimate of drug-likeness (QED) is 0.752. The van der Waals surface area contributed by atoms with Crippen LogP contribution in [0.1, 0.15) is 37.1 Å². The Bertz CT molecular complexity index is 735. The average Bonchev–Trinajstić information content (AvgIpc) is 3.46. The molecular formula is C19H19N3OS. The predicted octanol–water partition coefficient (Wildman–Crippen LogP) is 3.80. The monoisotopic (exact) mass is 337 g/mol. The Kier molecular flexibility index (Phi) is 5.17. The van der Waals surface area contributed by atoms with E-state index in [0.717, 1.165) is 23.4 Å². The van der Waals surface area contributed by atoms with E-state index in [4.69, 9.17) is 5.26 Å². The first-order valence-electron chi connectivity index (χ1n) is 8.04. The normalized spacial score (nSPS) is 14.7. The van der Waals surface area contributed by atoms with Crippen molar-refractivity contribution in [1.82, 2.24) is 9.88 Å². The third-order valence-electron chi connectivity index (χ3n) is 4.11.